The number of amides is 1. The maximum atomic E-state index is 12.4. The molecule has 7 heteroatoms. The largest absolute Gasteiger partial charge is 0.380 e. The average molecular weight is 381 g/mol. The van der Waals surface area contributed by atoms with Crippen LogP contribution in [0.1, 0.15) is 28.9 Å². The normalized spacial score (nSPS) is 11.8. The topological polar surface area (TPSA) is 73.4 Å². The molecule has 144 valence electrons. The van der Waals surface area contributed by atoms with Crippen LogP contribution in [0.15, 0.2) is 24.3 Å². The fourth-order valence-electron chi connectivity index (χ4n) is 2.88. The van der Waals surface area contributed by atoms with Crippen molar-refractivity contribution in [2.75, 3.05) is 20.7 Å². The van der Waals surface area contributed by atoms with Gasteiger partial charge in [-0.05, 0) is 32.4 Å². The van der Waals surface area contributed by atoms with Crippen molar-refractivity contribution in [2.24, 2.45) is 5.73 Å². The lowest BCUT2D eigenvalue weighted by Gasteiger charge is -2.20. The third kappa shape index (κ3) is 4.84. The molecule has 0 aliphatic carbocycles. The number of methoxy groups -OCH3 is 1. The number of halogens is 1. The van der Waals surface area contributed by atoms with Crippen LogP contribution in [0.3, 0.4) is 0 Å². The molecule has 2 N–H and O–H groups in total. The lowest BCUT2D eigenvalue weighted by molar-refractivity contribution is -0.132. The molecule has 0 aliphatic rings. The van der Waals surface area contributed by atoms with Gasteiger partial charge in [0.15, 0.2) is 0 Å². The van der Waals surface area contributed by atoms with Crippen LogP contribution in [-0.2, 0) is 16.1 Å². The standard InChI is InChI=1S/C19H28N4O2.ClH/c1-13-8-6-7-9-18(13)23-15(3)17(14(2)21-23)12-22(4)19(24)10-16(11-20)25-5;/h6-9,16H,10-12,20H2,1-5H3;1H. The van der Waals surface area contributed by atoms with Crippen LogP contribution in [0.5, 0.6) is 0 Å². The van der Waals surface area contributed by atoms with Crippen LogP contribution in [0.2, 0.25) is 0 Å². The van der Waals surface area contributed by atoms with E-state index >= 15 is 0 Å². The minimum atomic E-state index is -0.244. The number of para-hydroxylation sites is 1. The summed E-state index contributed by atoms with van der Waals surface area (Å²) in [6.45, 7) is 6.94. The van der Waals surface area contributed by atoms with Crippen LogP contribution in [0.4, 0.5) is 0 Å². The van der Waals surface area contributed by atoms with Crippen molar-refractivity contribution in [1.29, 1.82) is 0 Å². The Balaban J connectivity index is 0.00000338. The average Bonchev–Trinajstić information content (AvgIpc) is 2.87. The van der Waals surface area contributed by atoms with Gasteiger partial charge >= 0.3 is 0 Å². The summed E-state index contributed by atoms with van der Waals surface area (Å²) < 4.78 is 7.16. The van der Waals surface area contributed by atoms with Gasteiger partial charge in [0.2, 0.25) is 5.91 Å². The molecular formula is C19H29ClN4O2. The Labute approximate surface area is 161 Å². The minimum absolute atomic E-state index is 0. The van der Waals surface area contributed by atoms with E-state index in [-0.39, 0.29) is 30.8 Å². The summed E-state index contributed by atoms with van der Waals surface area (Å²) in [5.74, 6) is 0.0136. The number of nitrogens with zero attached hydrogens (tertiary/aromatic N) is 3. The highest BCUT2D eigenvalue weighted by Crippen LogP contribution is 2.21. The fourth-order valence-corrected chi connectivity index (χ4v) is 2.88. The first-order chi connectivity index (χ1) is 11.9. The zero-order valence-electron chi connectivity index (χ0n) is 16.2. The number of carbonyl (C=O) groups is 1. The molecule has 2 aromatic rings. The number of aromatic nitrogens is 2. The molecule has 0 saturated carbocycles. The monoisotopic (exact) mass is 380 g/mol. The van der Waals surface area contributed by atoms with E-state index in [2.05, 4.69) is 24.2 Å². The first kappa shape index (κ1) is 22.2. The van der Waals surface area contributed by atoms with Crippen molar-refractivity contribution in [3.05, 3.63) is 46.8 Å². The number of aryl methyl sites for hydroxylation is 2. The zero-order valence-corrected chi connectivity index (χ0v) is 17.0. The molecule has 0 aliphatic heterocycles. The van der Waals surface area contributed by atoms with Gasteiger partial charge in [0.1, 0.15) is 0 Å². The van der Waals surface area contributed by atoms with E-state index in [4.69, 9.17) is 10.5 Å². The van der Waals surface area contributed by atoms with Crippen LogP contribution in [0.25, 0.3) is 5.69 Å². The van der Waals surface area contributed by atoms with E-state index in [1.54, 1.807) is 19.1 Å². The second-order valence-corrected chi connectivity index (χ2v) is 6.40. The van der Waals surface area contributed by atoms with Gasteiger partial charge < -0.3 is 15.4 Å². The molecule has 1 atom stereocenters. The number of nitrogens with two attached hydrogens (primary N) is 1. The van der Waals surface area contributed by atoms with Gasteiger partial charge in [0, 0.05) is 38.5 Å². The molecule has 1 aromatic heterocycles. The second-order valence-electron chi connectivity index (χ2n) is 6.40. The molecular weight excluding hydrogens is 352 g/mol. The van der Waals surface area contributed by atoms with Gasteiger partial charge in [0.25, 0.3) is 0 Å². The number of rotatable bonds is 7. The van der Waals surface area contributed by atoms with Crippen LogP contribution in [-0.4, -0.2) is 47.4 Å². The number of hydrogen-bond acceptors (Lipinski definition) is 4. The van der Waals surface area contributed by atoms with Crippen molar-refractivity contribution in [3.8, 4) is 5.69 Å². The molecule has 1 amide bonds. The highest BCUT2D eigenvalue weighted by atomic mass is 35.5. The van der Waals surface area contributed by atoms with E-state index in [0.29, 0.717) is 13.1 Å². The summed E-state index contributed by atoms with van der Waals surface area (Å²) in [5, 5.41) is 4.68. The Bertz CT molecular complexity index is 741. The van der Waals surface area contributed by atoms with E-state index < -0.39 is 0 Å². The lowest BCUT2D eigenvalue weighted by atomic mass is 10.1. The summed E-state index contributed by atoms with van der Waals surface area (Å²) in [7, 11) is 3.38. The van der Waals surface area contributed by atoms with Crippen molar-refractivity contribution >= 4 is 18.3 Å². The second kappa shape index (κ2) is 9.71. The quantitative estimate of drug-likeness (QED) is 0.801. The predicted octanol–water partition coefficient (Wildman–Crippen LogP) is 2.54. The van der Waals surface area contributed by atoms with E-state index in [9.17, 15) is 4.79 Å². The number of ether oxygens (including phenoxy) is 1. The number of carbonyl (C=O) groups excluding carboxylic acids is 1. The molecule has 2 rings (SSSR count). The zero-order chi connectivity index (χ0) is 18.6. The molecule has 1 aromatic carbocycles. The molecule has 0 fully saturated rings. The van der Waals surface area contributed by atoms with E-state index in [0.717, 1.165) is 28.2 Å². The van der Waals surface area contributed by atoms with Crippen LogP contribution >= 0.6 is 12.4 Å². The SMILES string of the molecule is COC(CN)CC(=O)N(C)Cc1c(C)nn(-c2ccccc2C)c1C.Cl. The lowest BCUT2D eigenvalue weighted by Crippen LogP contribution is -2.33. The molecule has 0 spiro atoms. The molecule has 1 unspecified atom stereocenters. The van der Waals surface area contributed by atoms with E-state index in [1.165, 1.54) is 0 Å². The smallest absolute Gasteiger partial charge is 0.225 e. The maximum absolute atomic E-state index is 12.4. The molecule has 0 saturated heterocycles. The maximum Gasteiger partial charge on any atom is 0.225 e. The Kier molecular flexibility index (Phi) is 8.27. The van der Waals surface area contributed by atoms with Crippen molar-refractivity contribution in [2.45, 2.75) is 39.8 Å². The first-order valence-corrected chi connectivity index (χ1v) is 8.47. The number of benzene rings is 1. The summed E-state index contributed by atoms with van der Waals surface area (Å²) in [6.07, 6.45) is 0.0416. The van der Waals surface area contributed by atoms with Gasteiger partial charge in [-0.15, -0.1) is 12.4 Å². The minimum Gasteiger partial charge on any atom is -0.380 e. The van der Waals surface area contributed by atoms with Crippen LogP contribution in [0, 0.1) is 20.8 Å². The first-order valence-electron chi connectivity index (χ1n) is 8.47. The third-order valence-electron chi connectivity index (χ3n) is 4.60. The third-order valence-corrected chi connectivity index (χ3v) is 4.60. The summed E-state index contributed by atoms with van der Waals surface area (Å²) >= 11 is 0. The Morgan fingerprint density at radius 1 is 1.31 bits per heavy atom. The summed E-state index contributed by atoms with van der Waals surface area (Å²) in [4.78, 5) is 14.1. The Morgan fingerprint density at radius 2 is 1.96 bits per heavy atom. The van der Waals surface area contributed by atoms with Gasteiger partial charge in [-0.2, -0.15) is 5.10 Å². The molecule has 0 bridgehead atoms. The summed E-state index contributed by atoms with van der Waals surface area (Å²) in [5.41, 5.74) is 10.9. The highest BCUT2D eigenvalue weighted by Gasteiger charge is 2.20. The Morgan fingerprint density at radius 3 is 2.54 bits per heavy atom. The van der Waals surface area contributed by atoms with Gasteiger partial charge in [-0.25, -0.2) is 4.68 Å². The molecule has 1 heterocycles. The highest BCUT2D eigenvalue weighted by molar-refractivity contribution is 5.85. The number of hydrogen-bond donors (Lipinski definition) is 1. The Hall–Kier alpha value is -1.89. The van der Waals surface area contributed by atoms with Crippen molar-refractivity contribution in [3.63, 3.8) is 0 Å². The van der Waals surface area contributed by atoms with Gasteiger partial charge in [-0.1, -0.05) is 18.2 Å². The van der Waals surface area contributed by atoms with Crippen LogP contribution < -0.4 is 5.73 Å². The fraction of sp³-hybridized carbons (Fsp3) is 0.474. The molecule has 26 heavy (non-hydrogen) atoms. The van der Waals surface area contributed by atoms with Crippen molar-refractivity contribution in [1.82, 2.24) is 14.7 Å². The summed E-state index contributed by atoms with van der Waals surface area (Å²) in [6, 6.07) is 8.14. The van der Waals surface area contributed by atoms with Gasteiger partial charge in [0.05, 0.1) is 23.9 Å². The molecule has 6 nitrogen and oxygen atoms in total. The predicted molar refractivity (Wildman–Crippen MR) is 106 cm³/mol. The van der Waals surface area contributed by atoms with E-state index in [1.807, 2.05) is 30.7 Å². The van der Waals surface area contributed by atoms with Gasteiger partial charge in [-0.3, -0.25) is 4.79 Å². The molecule has 0 radical (unpaired) electrons. The van der Waals surface area contributed by atoms with Crippen molar-refractivity contribution < 1.29 is 9.53 Å².